The van der Waals surface area contributed by atoms with Gasteiger partial charge in [0.25, 0.3) is 0 Å². The molecule has 0 spiro atoms. The van der Waals surface area contributed by atoms with Crippen molar-refractivity contribution in [2.45, 2.75) is 13.0 Å². The van der Waals surface area contributed by atoms with Gasteiger partial charge in [-0.25, -0.2) is 4.39 Å². The van der Waals surface area contributed by atoms with E-state index in [-0.39, 0.29) is 12.4 Å². The molecule has 2 rings (SSSR count). The van der Waals surface area contributed by atoms with Crippen LogP contribution in [0.4, 0.5) is 4.39 Å². The number of ether oxygens (including phenoxy) is 1. The van der Waals surface area contributed by atoms with Crippen LogP contribution in [-0.2, 0) is 13.0 Å². The van der Waals surface area contributed by atoms with Crippen molar-refractivity contribution in [2.24, 2.45) is 5.73 Å². The Bertz CT molecular complexity index is 560. The standard InChI is InChI=1S/C15H15ClFNO/c16-13-6-5-12(14(17)9-13)10-19-15-4-2-1-3-11(15)7-8-18/h1-6,9H,7-8,10,18H2. The fourth-order valence-corrected chi connectivity index (χ4v) is 1.96. The molecule has 2 N–H and O–H groups in total. The van der Waals surface area contributed by atoms with E-state index in [2.05, 4.69) is 0 Å². The summed E-state index contributed by atoms with van der Waals surface area (Å²) in [6.07, 6.45) is 0.735. The quantitative estimate of drug-likeness (QED) is 0.908. The lowest BCUT2D eigenvalue weighted by atomic mass is 10.1. The van der Waals surface area contributed by atoms with E-state index in [1.165, 1.54) is 6.07 Å². The van der Waals surface area contributed by atoms with E-state index in [0.29, 0.717) is 17.1 Å². The second-order valence-corrected chi connectivity index (χ2v) is 4.61. The molecule has 0 amide bonds. The Hall–Kier alpha value is -1.58. The molecule has 0 fully saturated rings. The maximum Gasteiger partial charge on any atom is 0.131 e. The molecule has 2 nitrogen and oxygen atoms in total. The van der Waals surface area contributed by atoms with Crippen molar-refractivity contribution in [3.63, 3.8) is 0 Å². The van der Waals surface area contributed by atoms with Crippen LogP contribution in [0.5, 0.6) is 5.75 Å². The van der Waals surface area contributed by atoms with Gasteiger partial charge in [0.1, 0.15) is 18.2 Å². The van der Waals surface area contributed by atoms with Gasteiger partial charge in [-0.15, -0.1) is 0 Å². The van der Waals surface area contributed by atoms with E-state index >= 15 is 0 Å². The molecule has 0 heterocycles. The minimum absolute atomic E-state index is 0.171. The highest BCUT2D eigenvalue weighted by atomic mass is 35.5. The largest absolute Gasteiger partial charge is 0.489 e. The van der Waals surface area contributed by atoms with Crippen molar-refractivity contribution in [2.75, 3.05) is 6.54 Å². The zero-order valence-electron chi connectivity index (χ0n) is 10.4. The number of benzene rings is 2. The van der Waals surface area contributed by atoms with Gasteiger partial charge in [-0.3, -0.25) is 0 Å². The summed E-state index contributed by atoms with van der Waals surface area (Å²) in [5.41, 5.74) is 7.05. The molecule has 0 aliphatic rings. The summed E-state index contributed by atoms with van der Waals surface area (Å²) in [5.74, 6) is 0.381. The van der Waals surface area contributed by atoms with Crippen molar-refractivity contribution in [1.29, 1.82) is 0 Å². The van der Waals surface area contributed by atoms with Crippen LogP contribution in [0.25, 0.3) is 0 Å². The molecule has 0 aliphatic heterocycles. The molecular formula is C15H15ClFNO. The van der Waals surface area contributed by atoms with Crippen molar-refractivity contribution in [3.05, 3.63) is 64.4 Å². The highest BCUT2D eigenvalue weighted by Gasteiger charge is 2.06. The van der Waals surface area contributed by atoms with Crippen molar-refractivity contribution < 1.29 is 9.13 Å². The van der Waals surface area contributed by atoms with Crippen LogP contribution in [0, 0.1) is 5.82 Å². The molecule has 0 atom stereocenters. The van der Waals surface area contributed by atoms with Gasteiger partial charge < -0.3 is 10.5 Å². The predicted molar refractivity (Wildman–Crippen MR) is 74.9 cm³/mol. The Balaban J connectivity index is 2.10. The molecule has 0 saturated heterocycles. The Morgan fingerprint density at radius 3 is 2.63 bits per heavy atom. The van der Waals surface area contributed by atoms with E-state index in [4.69, 9.17) is 22.1 Å². The second-order valence-electron chi connectivity index (χ2n) is 4.17. The van der Waals surface area contributed by atoms with Crippen LogP contribution in [0.15, 0.2) is 42.5 Å². The molecule has 0 radical (unpaired) electrons. The van der Waals surface area contributed by atoms with E-state index < -0.39 is 0 Å². The van der Waals surface area contributed by atoms with Crippen LogP contribution < -0.4 is 10.5 Å². The normalized spacial score (nSPS) is 10.5. The molecule has 0 unspecified atom stereocenters. The van der Waals surface area contributed by atoms with Gasteiger partial charge in [0, 0.05) is 10.6 Å². The Morgan fingerprint density at radius 1 is 1.11 bits per heavy atom. The molecular weight excluding hydrogens is 265 g/mol. The molecule has 4 heteroatoms. The minimum atomic E-state index is -0.358. The predicted octanol–water partition coefficient (Wildman–Crippen LogP) is 3.56. The van der Waals surface area contributed by atoms with Crippen molar-refractivity contribution in [3.8, 4) is 5.75 Å². The van der Waals surface area contributed by atoms with Crippen LogP contribution in [-0.4, -0.2) is 6.54 Å². The third-order valence-corrected chi connectivity index (χ3v) is 3.02. The summed E-state index contributed by atoms with van der Waals surface area (Å²) >= 11 is 5.71. The molecule has 0 aromatic heterocycles. The number of hydrogen-bond donors (Lipinski definition) is 1. The van der Waals surface area contributed by atoms with E-state index in [9.17, 15) is 4.39 Å². The smallest absolute Gasteiger partial charge is 0.131 e. The molecule has 0 bridgehead atoms. The average molecular weight is 280 g/mol. The number of halogens is 2. The average Bonchev–Trinajstić information content (AvgIpc) is 2.40. The first-order valence-electron chi connectivity index (χ1n) is 6.05. The summed E-state index contributed by atoms with van der Waals surface area (Å²) in [4.78, 5) is 0. The van der Waals surface area contributed by atoms with Gasteiger partial charge >= 0.3 is 0 Å². The maximum atomic E-state index is 13.6. The van der Waals surface area contributed by atoms with Crippen molar-refractivity contribution in [1.82, 2.24) is 0 Å². The first-order valence-corrected chi connectivity index (χ1v) is 6.43. The number of para-hydroxylation sites is 1. The first-order chi connectivity index (χ1) is 9.20. The second kappa shape index (κ2) is 6.55. The van der Waals surface area contributed by atoms with Gasteiger partial charge in [0.2, 0.25) is 0 Å². The molecule has 100 valence electrons. The summed E-state index contributed by atoms with van der Waals surface area (Å²) in [5, 5.41) is 0.379. The zero-order valence-corrected chi connectivity index (χ0v) is 11.2. The van der Waals surface area contributed by atoms with Gasteiger partial charge in [0.05, 0.1) is 0 Å². The topological polar surface area (TPSA) is 35.2 Å². The van der Waals surface area contributed by atoms with Gasteiger partial charge in [-0.2, -0.15) is 0 Å². The van der Waals surface area contributed by atoms with Crippen LogP contribution >= 0.6 is 11.6 Å². The number of nitrogens with two attached hydrogens (primary N) is 1. The fraction of sp³-hybridized carbons (Fsp3) is 0.200. The van der Waals surface area contributed by atoms with E-state index in [0.717, 1.165) is 17.7 Å². The highest BCUT2D eigenvalue weighted by Crippen LogP contribution is 2.21. The van der Waals surface area contributed by atoms with Crippen LogP contribution in [0.3, 0.4) is 0 Å². The monoisotopic (exact) mass is 279 g/mol. The van der Waals surface area contributed by atoms with Crippen LogP contribution in [0.1, 0.15) is 11.1 Å². The van der Waals surface area contributed by atoms with Crippen molar-refractivity contribution >= 4 is 11.6 Å². The molecule has 19 heavy (non-hydrogen) atoms. The third kappa shape index (κ3) is 3.69. The molecule has 2 aromatic rings. The lowest BCUT2D eigenvalue weighted by molar-refractivity contribution is 0.297. The van der Waals surface area contributed by atoms with Crippen LogP contribution in [0.2, 0.25) is 5.02 Å². The third-order valence-electron chi connectivity index (χ3n) is 2.78. The fourth-order valence-electron chi connectivity index (χ4n) is 1.80. The molecule has 2 aromatic carbocycles. The number of rotatable bonds is 5. The summed E-state index contributed by atoms with van der Waals surface area (Å²) < 4.78 is 19.3. The SMILES string of the molecule is NCCc1ccccc1OCc1ccc(Cl)cc1F. The zero-order chi connectivity index (χ0) is 13.7. The molecule has 0 aliphatic carbocycles. The van der Waals surface area contributed by atoms with Gasteiger partial charge in [-0.1, -0.05) is 35.9 Å². The molecule has 0 saturated carbocycles. The Kier molecular flexibility index (Phi) is 4.77. The van der Waals surface area contributed by atoms with Gasteiger partial charge in [0.15, 0.2) is 0 Å². The lowest BCUT2D eigenvalue weighted by Crippen LogP contribution is -2.06. The summed E-state index contributed by atoms with van der Waals surface area (Å²) in [6.45, 7) is 0.722. The number of hydrogen-bond acceptors (Lipinski definition) is 2. The van der Waals surface area contributed by atoms with E-state index in [1.807, 2.05) is 24.3 Å². The van der Waals surface area contributed by atoms with Gasteiger partial charge in [-0.05, 0) is 36.7 Å². The highest BCUT2D eigenvalue weighted by molar-refractivity contribution is 6.30. The maximum absolute atomic E-state index is 13.6. The lowest BCUT2D eigenvalue weighted by Gasteiger charge is -2.11. The summed E-state index contributed by atoms with van der Waals surface area (Å²) in [6, 6.07) is 12.2. The van der Waals surface area contributed by atoms with E-state index in [1.54, 1.807) is 12.1 Å². The Labute approximate surface area is 117 Å². The minimum Gasteiger partial charge on any atom is -0.489 e. The Morgan fingerprint density at radius 2 is 1.89 bits per heavy atom. The first kappa shape index (κ1) is 13.8. The summed E-state index contributed by atoms with van der Waals surface area (Å²) in [7, 11) is 0.